The summed E-state index contributed by atoms with van der Waals surface area (Å²) in [6, 6.07) is -0.450. The largest absolute Gasteiger partial charge is 0.380 e. The molecule has 0 aromatic rings. The van der Waals surface area contributed by atoms with E-state index < -0.39 is 6.04 Å². The number of nitrogens with zero attached hydrogens (tertiary/aromatic N) is 2. The lowest BCUT2D eigenvalue weighted by molar-refractivity contribution is -0.189. The van der Waals surface area contributed by atoms with Gasteiger partial charge in [-0.25, -0.2) is 0 Å². The van der Waals surface area contributed by atoms with Crippen LogP contribution in [-0.4, -0.2) is 77.4 Å². The van der Waals surface area contributed by atoms with Crippen LogP contribution in [0.25, 0.3) is 0 Å². The Bertz CT molecular complexity index is 637. The molecule has 4 atom stereocenters. The van der Waals surface area contributed by atoms with E-state index in [1.165, 1.54) is 0 Å². The predicted molar refractivity (Wildman–Crippen MR) is 113 cm³/mol. The molecule has 4 unspecified atom stereocenters. The molecule has 1 saturated carbocycles. The highest BCUT2D eigenvalue weighted by atomic mass is 35.5. The van der Waals surface area contributed by atoms with Gasteiger partial charge in [0.05, 0.1) is 19.4 Å². The average Bonchev–Trinajstić information content (AvgIpc) is 2.65. The Morgan fingerprint density at radius 1 is 1.14 bits per heavy atom. The van der Waals surface area contributed by atoms with Crippen LogP contribution in [0.1, 0.15) is 46.0 Å². The number of hydrogen-bond donors (Lipinski definition) is 1. The fourth-order valence-corrected chi connectivity index (χ4v) is 6.14. The molecule has 2 amide bonds. The van der Waals surface area contributed by atoms with Crippen molar-refractivity contribution < 1.29 is 14.3 Å². The van der Waals surface area contributed by atoms with Crippen LogP contribution in [0.3, 0.4) is 0 Å². The monoisotopic (exact) mass is 445 g/mol. The number of hydrogen-bond acceptors (Lipinski definition) is 4. The summed E-state index contributed by atoms with van der Waals surface area (Å²) in [5.41, 5.74) is -0.317. The molecule has 8 heteroatoms. The molecule has 4 fully saturated rings. The highest BCUT2D eigenvalue weighted by Crippen LogP contribution is 2.39. The van der Waals surface area contributed by atoms with Crippen LogP contribution in [0.15, 0.2) is 0 Å². The van der Waals surface area contributed by atoms with Crippen LogP contribution in [0.2, 0.25) is 0 Å². The van der Waals surface area contributed by atoms with Crippen molar-refractivity contribution in [1.29, 1.82) is 0 Å². The average molecular weight is 446 g/mol. The predicted octanol–water partition coefficient (Wildman–Crippen LogP) is 2.42. The summed E-state index contributed by atoms with van der Waals surface area (Å²) in [4.78, 5) is 30.7. The van der Waals surface area contributed by atoms with Gasteiger partial charge in [0.2, 0.25) is 11.8 Å². The minimum Gasteiger partial charge on any atom is -0.380 e. The van der Waals surface area contributed by atoms with E-state index in [2.05, 4.69) is 19.2 Å². The molecule has 0 aromatic carbocycles. The molecular weight excluding hydrogens is 413 g/mol. The summed E-state index contributed by atoms with van der Waals surface area (Å²) in [5, 5.41) is 3.72. The molecule has 164 valence electrons. The van der Waals surface area contributed by atoms with Gasteiger partial charge in [0, 0.05) is 29.3 Å². The molecule has 6 nitrogen and oxygen atoms in total. The number of carbonyl (C=O) groups is 2. The van der Waals surface area contributed by atoms with Crippen LogP contribution < -0.4 is 5.32 Å². The van der Waals surface area contributed by atoms with Crippen LogP contribution in [0.5, 0.6) is 0 Å². The third kappa shape index (κ3) is 4.28. The first-order chi connectivity index (χ1) is 13.8. The Balaban J connectivity index is 1.54. The van der Waals surface area contributed by atoms with Crippen molar-refractivity contribution >= 4 is 35.0 Å². The number of carbonyl (C=O) groups excluding carboxylic acids is 2. The van der Waals surface area contributed by atoms with Crippen molar-refractivity contribution in [1.82, 2.24) is 15.1 Å². The molecule has 0 aromatic heterocycles. The zero-order chi connectivity index (χ0) is 20.8. The van der Waals surface area contributed by atoms with E-state index in [0.717, 1.165) is 32.1 Å². The zero-order valence-corrected chi connectivity index (χ0v) is 18.9. The van der Waals surface area contributed by atoms with Gasteiger partial charge in [-0.2, -0.15) is 0 Å². The number of nitrogens with one attached hydrogen (secondary N) is 1. The van der Waals surface area contributed by atoms with Crippen molar-refractivity contribution in [2.24, 2.45) is 17.3 Å². The maximum absolute atomic E-state index is 13.7. The molecular formula is C21H33Cl2N3O3. The van der Waals surface area contributed by atoms with Crippen molar-refractivity contribution in [3.63, 3.8) is 0 Å². The fourth-order valence-electron chi connectivity index (χ4n) is 5.51. The highest BCUT2D eigenvalue weighted by molar-refractivity contribution is 6.21. The van der Waals surface area contributed by atoms with Crippen molar-refractivity contribution in [2.45, 2.75) is 68.9 Å². The van der Waals surface area contributed by atoms with Gasteiger partial charge in [0.1, 0.15) is 12.6 Å². The first-order valence-electron chi connectivity index (χ1n) is 11.0. The normalized spacial score (nSPS) is 40.7. The maximum Gasteiger partial charge on any atom is 0.247 e. The minimum absolute atomic E-state index is 0.0534. The van der Waals surface area contributed by atoms with E-state index in [-0.39, 0.29) is 46.6 Å². The molecule has 29 heavy (non-hydrogen) atoms. The second-order valence-corrected chi connectivity index (χ2v) is 11.1. The Kier molecular flexibility index (Phi) is 6.37. The minimum atomic E-state index is -0.450. The molecule has 0 bridgehead atoms. The van der Waals surface area contributed by atoms with E-state index >= 15 is 0 Å². The molecule has 3 heterocycles. The van der Waals surface area contributed by atoms with Gasteiger partial charge < -0.3 is 14.5 Å². The SMILES string of the molecule is CC1CC(Cl)CNC1N1CC(=O)N(CC2CCC(Cl)CC2)C(C2(C)COC2)C1=O. The lowest BCUT2D eigenvalue weighted by atomic mass is 9.76. The number of rotatable bonds is 4. The number of alkyl halides is 2. The Morgan fingerprint density at radius 2 is 1.83 bits per heavy atom. The van der Waals surface area contributed by atoms with Gasteiger partial charge >= 0.3 is 0 Å². The second-order valence-electron chi connectivity index (χ2n) is 9.84. The summed E-state index contributed by atoms with van der Waals surface area (Å²) in [5.74, 6) is 0.736. The first kappa shape index (κ1) is 21.7. The van der Waals surface area contributed by atoms with E-state index in [1.54, 1.807) is 4.90 Å². The zero-order valence-electron chi connectivity index (χ0n) is 17.4. The summed E-state index contributed by atoms with van der Waals surface area (Å²) < 4.78 is 5.48. The Morgan fingerprint density at radius 3 is 2.41 bits per heavy atom. The molecule has 3 aliphatic heterocycles. The number of amides is 2. The molecule has 4 rings (SSSR count). The maximum atomic E-state index is 13.7. The summed E-state index contributed by atoms with van der Waals surface area (Å²) >= 11 is 12.6. The van der Waals surface area contributed by atoms with Crippen LogP contribution >= 0.6 is 23.2 Å². The van der Waals surface area contributed by atoms with Crippen molar-refractivity contribution in [3.05, 3.63) is 0 Å². The Labute approximate surface area is 183 Å². The number of halogens is 2. The third-order valence-electron chi connectivity index (χ3n) is 7.26. The third-order valence-corrected chi connectivity index (χ3v) is 8.03. The molecule has 1 N–H and O–H groups in total. The molecule has 1 aliphatic carbocycles. The van der Waals surface area contributed by atoms with Gasteiger partial charge in [-0.1, -0.05) is 13.8 Å². The number of piperidine rings is 1. The van der Waals surface area contributed by atoms with E-state index in [9.17, 15) is 9.59 Å². The first-order valence-corrected chi connectivity index (χ1v) is 11.8. The Hall–Kier alpha value is -0.560. The fraction of sp³-hybridized carbons (Fsp3) is 0.905. The van der Waals surface area contributed by atoms with Crippen molar-refractivity contribution in [3.8, 4) is 0 Å². The molecule has 0 radical (unpaired) electrons. The van der Waals surface area contributed by atoms with E-state index in [4.69, 9.17) is 27.9 Å². The standard InChI is InChI=1S/C21H33Cl2N3O3/c1-13-7-16(23)8-24-19(13)26-10-17(27)25(9-14-3-5-15(22)6-4-14)18(20(26)28)21(2)11-29-12-21/h13-16,18-19,24H,3-12H2,1-2H3. The lowest BCUT2D eigenvalue weighted by Gasteiger charge is -2.54. The van der Waals surface area contributed by atoms with Gasteiger partial charge in [-0.15, -0.1) is 23.2 Å². The summed E-state index contributed by atoms with van der Waals surface area (Å²) in [6.45, 7) is 6.67. The lowest BCUT2D eigenvalue weighted by Crippen LogP contribution is -2.72. The quantitative estimate of drug-likeness (QED) is 0.674. The van der Waals surface area contributed by atoms with Gasteiger partial charge in [0.25, 0.3) is 0 Å². The van der Waals surface area contributed by atoms with Crippen LogP contribution in [-0.2, 0) is 14.3 Å². The highest BCUT2D eigenvalue weighted by Gasteiger charge is 2.55. The summed E-state index contributed by atoms with van der Waals surface area (Å²) in [7, 11) is 0. The molecule has 3 saturated heterocycles. The van der Waals surface area contributed by atoms with Gasteiger partial charge in [-0.3, -0.25) is 14.9 Å². The van der Waals surface area contributed by atoms with E-state index in [0.29, 0.717) is 32.2 Å². The van der Waals surface area contributed by atoms with E-state index in [1.807, 2.05) is 4.90 Å². The van der Waals surface area contributed by atoms with Crippen LogP contribution in [0.4, 0.5) is 0 Å². The molecule has 0 spiro atoms. The smallest absolute Gasteiger partial charge is 0.247 e. The van der Waals surface area contributed by atoms with Gasteiger partial charge in [-0.05, 0) is 43.9 Å². The van der Waals surface area contributed by atoms with Crippen molar-refractivity contribution in [2.75, 3.05) is 32.8 Å². The molecule has 4 aliphatic rings. The topological polar surface area (TPSA) is 61.9 Å². The second kappa shape index (κ2) is 8.52. The number of ether oxygens (including phenoxy) is 1. The van der Waals surface area contributed by atoms with Gasteiger partial charge in [0.15, 0.2) is 0 Å². The van der Waals surface area contributed by atoms with Crippen LogP contribution in [0, 0.1) is 17.3 Å². The number of piperazine rings is 1. The summed E-state index contributed by atoms with van der Waals surface area (Å²) in [6.07, 6.45) is 4.73.